The molecule has 106 valence electrons. The van der Waals surface area contributed by atoms with E-state index in [9.17, 15) is 0 Å². The van der Waals surface area contributed by atoms with Crippen LogP contribution in [0.4, 0.5) is 0 Å². The number of nitrogens with zero attached hydrogens (tertiary/aromatic N) is 2. The van der Waals surface area contributed by atoms with Crippen LogP contribution in [-0.4, -0.2) is 16.2 Å². The Morgan fingerprint density at radius 3 is 3.05 bits per heavy atom. The SMILES string of the molecule is Cc1cccc(SCc2noc(C3CCC(N)C3)n2)c1. The number of thioether (sulfide) groups is 1. The van der Waals surface area contributed by atoms with E-state index in [0.29, 0.717) is 5.92 Å². The smallest absolute Gasteiger partial charge is 0.229 e. The molecule has 2 N–H and O–H groups in total. The molecule has 4 nitrogen and oxygen atoms in total. The Bertz CT molecular complexity index is 584. The first kappa shape index (κ1) is 13.6. The minimum absolute atomic E-state index is 0.289. The van der Waals surface area contributed by atoms with Crippen molar-refractivity contribution < 1.29 is 4.52 Å². The summed E-state index contributed by atoms with van der Waals surface area (Å²) in [7, 11) is 0. The number of benzene rings is 1. The number of rotatable bonds is 4. The topological polar surface area (TPSA) is 64.9 Å². The highest BCUT2D eigenvalue weighted by Gasteiger charge is 2.27. The Kier molecular flexibility index (Phi) is 4.08. The summed E-state index contributed by atoms with van der Waals surface area (Å²) in [5.41, 5.74) is 7.19. The van der Waals surface area contributed by atoms with Crippen molar-refractivity contribution in [3.8, 4) is 0 Å². The summed E-state index contributed by atoms with van der Waals surface area (Å²) in [5, 5.41) is 4.08. The van der Waals surface area contributed by atoms with E-state index >= 15 is 0 Å². The molecule has 1 fully saturated rings. The van der Waals surface area contributed by atoms with Gasteiger partial charge in [-0.1, -0.05) is 22.9 Å². The van der Waals surface area contributed by atoms with E-state index < -0.39 is 0 Å². The highest BCUT2D eigenvalue weighted by molar-refractivity contribution is 7.98. The fraction of sp³-hybridized carbons (Fsp3) is 0.467. The van der Waals surface area contributed by atoms with Crippen LogP contribution in [0.2, 0.25) is 0 Å². The molecule has 1 aromatic heterocycles. The third kappa shape index (κ3) is 3.22. The normalized spacial score (nSPS) is 22.3. The van der Waals surface area contributed by atoms with Gasteiger partial charge in [0.1, 0.15) is 0 Å². The molecular formula is C15H19N3OS. The zero-order valence-corrected chi connectivity index (χ0v) is 12.4. The molecule has 1 heterocycles. The predicted octanol–water partition coefficient (Wildman–Crippen LogP) is 3.27. The lowest BCUT2D eigenvalue weighted by Gasteiger charge is -2.01. The summed E-state index contributed by atoms with van der Waals surface area (Å²) in [4.78, 5) is 5.75. The second-order valence-corrected chi connectivity index (χ2v) is 6.47. The summed E-state index contributed by atoms with van der Waals surface area (Å²) in [6.07, 6.45) is 3.08. The summed E-state index contributed by atoms with van der Waals surface area (Å²) >= 11 is 1.73. The van der Waals surface area contributed by atoms with Crippen LogP contribution in [-0.2, 0) is 5.75 Å². The molecular weight excluding hydrogens is 270 g/mol. The lowest BCUT2D eigenvalue weighted by atomic mass is 10.1. The zero-order chi connectivity index (χ0) is 13.9. The number of aromatic nitrogens is 2. The lowest BCUT2D eigenvalue weighted by molar-refractivity contribution is 0.350. The summed E-state index contributed by atoms with van der Waals surface area (Å²) in [5.74, 6) is 2.63. The van der Waals surface area contributed by atoms with Gasteiger partial charge in [-0.15, -0.1) is 11.8 Å². The fourth-order valence-electron chi connectivity index (χ4n) is 2.59. The first-order chi connectivity index (χ1) is 9.70. The number of hydrogen-bond donors (Lipinski definition) is 1. The maximum absolute atomic E-state index is 5.92. The van der Waals surface area contributed by atoms with Gasteiger partial charge >= 0.3 is 0 Å². The van der Waals surface area contributed by atoms with Crippen molar-refractivity contribution in [3.05, 3.63) is 41.5 Å². The van der Waals surface area contributed by atoms with Gasteiger partial charge in [0.05, 0.1) is 5.75 Å². The van der Waals surface area contributed by atoms with Gasteiger partial charge in [-0.25, -0.2) is 0 Å². The van der Waals surface area contributed by atoms with Gasteiger partial charge in [0, 0.05) is 16.9 Å². The Balaban J connectivity index is 1.60. The van der Waals surface area contributed by atoms with Crippen molar-refractivity contribution in [1.29, 1.82) is 0 Å². The van der Waals surface area contributed by atoms with Crippen molar-refractivity contribution in [3.63, 3.8) is 0 Å². The van der Waals surface area contributed by atoms with E-state index in [1.54, 1.807) is 11.8 Å². The van der Waals surface area contributed by atoms with E-state index in [0.717, 1.165) is 36.7 Å². The Morgan fingerprint density at radius 2 is 2.30 bits per heavy atom. The molecule has 1 aliphatic rings. The van der Waals surface area contributed by atoms with Crippen molar-refractivity contribution >= 4 is 11.8 Å². The molecule has 0 aliphatic heterocycles. The van der Waals surface area contributed by atoms with Gasteiger partial charge < -0.3 is 10.3 Å². The Hall–Kier alpha value is -1.33. The van der Waals surface area contributed by atoms with Crippen molar-refractivity contribution in [2.24, 2.45) is 5.73 Å². The highest BCUT2D eigenvalue weighted by Crippen LogP contribution is 2.33. The second-order valence-electron chi connectivity index (χ2n) is 5.42. The molecule has 0 bridgehead atoms. The molecule has 1 saturated carbocycles. The molecule has 1 aromatic carbocycles. The van der Waals surface area contributed by atoms with E-state index in [1.807, 2.05) is 0 Å². The van der Waals surface area contributed by atoms with Crippen LogP contribution in [0.3, 0.4) is 0 Å². The van der Waals surface area contributed by atoms with Crippen LogP contribution in [0.5, 0.6) is 0 Å². The average Bonchev–Trinajstić information content (AvgIpc) is 3.05. The van der Waals surface area contributed by atoms with Gasteiger partial charge in [0.2, 0.25) is 5.89 Å². The first-order valence-corrected chi connectivity index (χ1v) is 7.97. The maximum Gasteiger partial charge on any atom is 0.229 e. The van der Waals surface area contributed by atoms with E-state index in [1.165, 1.54) is 10.5 Å². The molecule has 1 aliphatic carbocycles. The molecule has 0 spiro atoms. The quantitative estimate of drug-likeness (QED) is 0.875. The molecule has 0 radical (unpaired) electrons. The molecule has 2 unspecified atom stereocenters. The first-order valence-electron chi connectivity index (χ1n) is 6.98. The van der Waals surface area contributed by atoms with E-state index in [2.05, 4.69) is 41.3 Å². The molecule has 0 amide bonds. The summed E-state index contributed by atoms with van der Waals surface area (Å²) in [6, 6.07) is 8.73. The number of nitrogens with two attached hydrogens (primary N) is 1. The standard InChI is InChI=1S/C15H19N3OS/c1-10-3-2-4-13(7-10)20-9-14-17-15(19-18-14)11-5-6-12(16)8-11/h2-4,7,11-12H,5-6,8-9,16H2,1H3. The minimum Gasteiger partial charge on any atom is -0.339 e. The van der Waals surface area contributed by atoms with E-state index in [4.69, 9.17) is 10.3 Å². The third-order valence-corrected chi connectivity index (χ3v) is 4.65. The minimum atomic E-state index is 0.289. The fourth-order valence-corrected chi connectivity index (χ4v) is 3.44. The van der Waals surface area contributed by atoms with Crippen LogP contribution in [0.15, 0.2) is 33.7 Å². The van der Waals surface area contributed by atoms with Crippen LogP contribution < -0.4 is 5.73 Å². The number of aryl methyl sites for hydroxylation is 1. The van der Waals surface area contributed by atoms with Crippen LogP contribution >= 0.6 is 11.8 Å². The second kappa shape index (κ2) is 5.97. The highest BCUT2D eigenvalue weighted by atomic mass is 32.2. The molecule has 2 atom stereocenters. The molecule has 0 saturated heterocycles. The van der Waals surface area contributed by atoms with E-state index in [-0.39, 0.29) is 6.04 Å². The number of hydrogen-bond acceptors (Lipinski definition) is 5. The van der Waals surface area contributed by atoms with Gasteiger partial charge in [0.15, 0.2) is 5.82 Å². The Labute approximate surface area is 123 Å². The van der Waals surface area contributed by atoms with Crippen molar-refractivity contribution in [1.82, 2.24) is 10.1 Å². The predicted molar refractivity (Wildman–Crippen MR) is 79.6 cm³/mol. The maximum atomic E-state index is 5.92. The van der Waals surface area contributed by atoms with Crippen molar-refractivity contribution in [2.75, 3.05) is 0 Å². The monoisotopic (exact) mass is 289 g/mol. The zero-order valence-electron chi connectivity index (χ0n) is 11.6. The van der Waals surface area contributed by atoms with Crippen LogP contribution in [0.1, 0.15) is 42.5 Å². The summed E-state index contributed by atoms with van der Waals surface area (Å²) in [6.45, 7) is 2.10. The largest absolute Gasteiger partial charge is 0.339 e. The molecule has 2 aromatic rings. The van der Waals surface area contributed by atoms with Crippen molar-refractivity contribution in [2.45, 2.75) is 48.8 Å². The molecule has 5 heteroatoms. The third-order valence-electron chi connectivity index (χ3n) is 3.66. The summed E-state index contributed by atoms with van der Waals surface area (Å²) < 4.78 is 5.38. The lowest BCUT2D eigenvalue weighted by Crippen LogP contribution is -2.14. The van der Waals surface area contributed by atoms with Gasteiger partial charge in [-0.3, -0.25) is 0 Å². The van der Waals surface area contributed by atoms with Gasteiger partial charge in [-0.05, 0) is 38.3 Å². The van der Waals surface area contributed by atoms with Crippen LogP contribution in [0.25, 0.3) is 0 Å². The average molecular weight is 289 g/mol. The molecule has 3 rings (SSSR count). The van der Waals surface area contributed by atoms with Crippen LogP contribution in [0, 0.1) is 6.92 Å². The van der Waals surface area contributed by atoms with Gasteiger partial charge in [-0.2, -0.15) is 4.98 Å². The Morgan fingerprint density at radius 1 is 1.40 bits per heavy atom. The van der Waals surface area contributed by atoms with Gasteiger partial charge in [0.25, 0.3) is 0 Å². The molecule has 20 heavy (non-hydrogen) atoms.